The van der Waals surface area contributed by atoms with Crippen molar-refractivity contribution < 1.29 is 23.1 Å². The van der Waals surface area contributed by atoms with Gasteiger partial charge in [-0.3, -0.25) is 4.79 Å². The van der Waals surface area contributed by atoms with Crippen molar-refractivity contribution in [2.24, 2.45) is 0 Å². The van der Waals surface area contributed by atoms with Gasteiger partial charge in [0, 0.05) is 22.4 Å². The van der Waals surface area contributed by atoms with Gasteiger partial charge in [0.1, 0.15) is 22.1 Å². The molecule has 1 saturated carbocycles. The Labute approximate surface area is 208 Å². The molecule has 0 aliphatic heterocycles. The number of likely N-dealkylation sites (N-methyl/N-ethyl adjacent to an activating group) is 1. The van der Waals surface area contributed by atoms with Gasteiger partial charge in [-0.15, -0.1) is 11.3 Å². The Morgan fingerprint density at radius 1 is 1.18 bits per heavy atom. The third kappa shape index (κ3) is 5.13. The molecule has 2 atom stereocenters. The van der Waals surface area contributed by atoms with E-state index in [2.05, 4.69) is 4.72 Å². The maximum Gasteiger partial charge on any atom is 0.325 e. The van der Waals surface area contributed by atoms with Crippen LogP contribution in [0.15, 0.2) is 64.9 Å². The van der Waals surface area contributed by atoms with Crippen molar-refractivity contribution in [2.45, 2.75) is 22.1 Å². The molecule has 0 bridgehead atoms. The third-order valence-corrected chi connectivity index (χ3v) is 9.11. The lowest BCUT2D eigenvalue weighted by atomic mass is 10.1. The van der Waals surface area contributed by atoms with Crippen molar-refractivity contribution in [1.82, 2.24) is 9.62 Å². The molecule has 2 unspecified atom stereocenters. The van der Waals surface area contributed by atoms with Crippen molar-refractivity contribution in [3.05, 3.63) is 71.2 Å². The molecule has 0 amide bonds. The molecule has 0 radical (unpaired) electrons. The minimum absolute atomic E-state index is 0.0549. The number of sulfonamides is 1. The Hall–Kier alpha value is -2.43. The molecule has 7 nitrogen and oxygen atoms in total. The monoisotopic (exact) mass is 520 g/mol. The van der Waals surface area contributed by atoms with Gasteiger partial charge in [-0.05, 0) is 62.0 Å². The van der Waals surface area contributed by atoms with Gasteiger partial charge in [0.15, 0.2) is 0 Å². The molecule has 1 heterocycles. The lowest BCUT2D eigenvalue weighted by Gasteiger charge is -2.17. The van der Waals surface area contributed by atoms with E-state index >= 15 is 0 Å². The van der Waals surface area contributed by atoms with E-state index in [0.29, 0.717) is 29.5 Å². The van der Waals surface area contributed by atoms with E-state index in [1.54, 1.807) is 48.5 Å². The summed E-state index contributed by atoms with van der Waals surface area (Å²) in [7, 11) is -0.196. The summed E-state index contributed by atoms with van der Waals surface area (Å²) in [5.74, 6) is -1.18. The standard InChI is InChI=1S/C24H25ClN2O5S2/c1-27(2)13-14-32-20-6-4-3-5-18(20)19-15-24(19,23(28)29)26-34(30,31)22-12-11-21(33-22)16-7-9-17(25)10-8-16/h3-12,19,26H,13-15H2,1-2H3,(H,28,29). The normalized spacial score (nSPS) is 19.8. The lowest BCUT2D eigenvalue weighted by Crippen LogP contribution is -2.44. The van der Waals surface area contributed by atoms with Gasteiger partial charge in [0.25, 0.3) is 10.0 Å². The smallest absolute Gasteiger partial charge is 0.325 e. The van der Waals surface area contributed by atoms with E-state index in [9.17, 15) is 18.3 Å². The summed E-state index contributed by atoms with van der Waals surface area (Å²) in [6.45, 7) is 1.13. The van der Waals surface area contributed by atoms with Crippen LogP contribution in [-0.4, -0.2) is 57.2 Å². The number of nitrogens with one attached hydrogen (secondary N) is 1. The van der Waals surface area contributed by atoms with Gasteiger partial charge in [0.2, 0.25) is 0 Å². The Morgan fingerprint density at radius 3 is 2.56 bits per heavy atom. The molecule has 10 heteroatoms. The number of rotatable bonds is 10. The summed E-state index contributed by atoms with van der Waals surface area (Å²) in [5.41, 5.74) is -0.110. The molecule has 180 valence electrons. The fraction of sp³-hybridized carbons (Fsp3) is 0.292. The topological polar surface area (TPSA) is 95.9 Å². The van der Waals surface area contributed by atoms with Crippen LogP contribution in [0.2, 0.25) is 5.02 Å². The highest BCUT2D eigenvalue weighted by atomic mass is 35.5. The van der Waals surface area contributed by atoms with Crippen molar-refractivity contribution in [2.75, 3.05) is 27.2 Å². The number of halogens is 1. The second-order valence-electron chi connectivity index (χ2n) is 8.45. The number of ether oxygens (including phenoxy) is 1. The van der Waals surface area contributed by atoms with Gasteiger partial charge in [-0.2, -0.15) is 4.72 Å². The summed E-state index contributed by atoms with van der Waals surface area (Å²) >= 11 is 7.01. The molecule has 1 aromatic heterocycles. The maximum absolute atomic E-state index is 13.2. The van der Waals surface area contributed by atoms with E-state index in [1.165, 1.54) is 6.07 Å². The van der Waals surface area contributed by atoms with E-state index < -0.39 is 27.4 Å². The fourth-order valence-electron chi connectivity index (χ4n) is 3.79. The number of benzene rings is 2. The Morgan fingerprint density at radius 2 is 1.88 bits per heavy atom. The quantitative estimate of drug-likeness (QED) is 0.414. The summed E-state index contributed by atoms with van der Waals surface area (Å²) in [5, 5.41) is 10.6. The highest BCUT2D eigenvalue weighted by Crippen LogP contribution is 2.55. The van der Waals surface area contributed by atoms with E-state index in [1.807, 2.05) is 25.1 Å². The van der Waals surface area contributed by atoms with E-state index in [0.717, 1.165) is 21.8 Å². The molecule has 0 spiro atoms. The minimum Gasteiger partial charge on any atom is -0.492 e. The molecule has 1 aliphatic rings. The fourth-order valence-corrected chi connectivity index (χ4v) is 6.64. The predicted octanol–water partition coefficient (Wildman–Crippen LogP) is 4.30. The highest BCUT2D eigenvalue weighted by Gasteiger charge is 2.64. The molecular weight excluding hydrogens is 496 g/mol. The van der Waals surface area contributed by atoms with Crippen LogP contribution in [0.5, 0.6) is 5.75 Å². The van der Waals surface area contributed by atoms with Crippen molar-refractivity contribution >= 4 is 38.9 Å². The van der Waals surface area contributed by atoms with Gasteiger partial charge in [0.05, 0.1) is 0 Å². The number of aliphatic carboxylic acids is 1. The van der Waals surface area contributed by atoms with Crippen LogP contribution in [0.3, 0.4) is 0 Å². The lowest BCUT2D eigenvalue weighted by molar-refractivity contribution is -0.140. The second kappa shape index (κ2) is 9.67. The molecule has 1 aliphatic carbocycles. The zero-order chi connectivity index (χ0) is 24.5. The predicted molar refractivity (Wildman–Crippen MR) is 133 cm³/mol. The molecule has 34 heavy (non-hydrogen) atoms. The number of hydrogen-bond acceptors (Lipinski definition) is 6. The number of nitrogens with zero attached hydrogens (tertiary/aromatic N) is 1. The number of carboxylic acids is 1. The van der Waals surface area contributed by atoms with Crippen LogP contribution in [0.25, 0.3) is 10.4 Å². The number of thiophene rings is 1. The number of carbonyl (C=O) groups is 1. The summed E-state index contributed by atoms with van der Waals surface area (Å²) in [4.78, 5) is 15.0. The summed E-state index contributed by atoms with van der Waals surface area (Å²) < 4.78 is 34.8. The van der Waals surface area contributed by atoms with Gasteiger partial charge in [-0.25, -0.2) is 8.42 Å². The second-order valence-corrected chi connectivity index (χ2v) is 11.9. The van der Waals surface area contributed by atoms with Crippen LogP contribution < -0.4 is 9.46 Å². The first-order chi connectivity index (χ1) is 16.1. The number of para-hydroxylation sites is 1. The van der Waals surface area contributed by atoms with Crippen molar-refractivity contribution in [3.63, 3.8) is 0 Å². The molecule has 2 N–H and O–H groups in total. The van der Waals surface area contributed by atoms with Gasteiger partial charge < -0.3 is 14.7 Å². The highest BCUT2D eigenvalue weighted by molar-refractivity contribution is 7.91. The number of carboxylic acid groups (broad SMARTS) is 1. The molecule has 2 aromatic carbocycles. The first-order valence-electron chi connectivity index (χ1n) is 10.6. The number of hydrogen-bond donors (Lipinski definition) is 2. The summed E-state index contributed by atoms with van der Waals surface area (Å²) in [6.07, 6.45) is 0.144. The van der Waals surface area contributed by atoms with Crippen LogP contribution in [0.4, 0.5) is 0 Å². The molecule has 4 rings (SSSR count). The first-order valence-corrected chi connectivity index (χ1v) is 13.3. The zero-order valence-electron chi connectivity index (χ0n) is 18.7. The summed E-state index contributed by atoms with van der Waals surface area (Å²) in [6, 6.07) is 17.4. The first kappa shape index (κ1) is 24.7. The average Bonchev–Trinajstić information content (AvgIpc) is 3.26. The Kier molecular flexibility index (Phi) is 7.02. The molecule has 3 aromatic rings. The average molecular weight is 521 g/mol. The van der Waals surface area contributed by atoms with Crippen LogP contribution >= 0.6 is 22.9 Å². The largest absolute Gasteiger partial charge is 0.492 e. The van der Waals surface area contributed by atoms with Gasteiger partial charge >= 0.3 is 5.97 Å². The third-order valence-electron chi connectivity index (χ3n) is 5.72. The van der Waals surface area contributed by atoms with E-state index in [4.69, 9.17) is 16.3 Å². The van der Waals surface area contributed by atoms with Crippen molar-refractivity contribution in [1.29, 1.82) is 0 Å². The van der Waals surface area contributed by atoms with Crippen molar-refractivity contribution in [3.8, 4) is 16.2 Å². The molecule has 0 saturated heterocycles. The zero-order valence-corrected chi connectivity index (χ0v) is 21.1. The van der Waals surface area contributed by atoms with Crippen LogP contribution in [-0.2, 0) is 14.8 Å². The Balaban J connectivity index is 1.56. The van der Waals surface area contributed by atoms with Gasteiger partial charge in [-0.1, -0.05) is 41.9 Å². The maximum atomic E-state index is 13.2. The van der Waals surface area contributed by atoms with Crippen LogP contribution in [0.1, 0.15) is 17.9 Å². The molecule has 1 fully saturated rings. The minimum atomic E-state index is -4.06. The molecular formula is C24H25ClN2O5S2. The van der Waals surface area contributed by atoms with E-state index in [-0.39, 0.29) is 10.6 Å². The SMILES string of the molecule is CN(C)CCOc1ccccc1C1CC1(NS(=O)(=O)c1ccc(-c2ccc(Cl)cc2)s1)C(=O)O. The Bertz CT molecular complexity index is 1290. The van der Waals surface area contributed by atoms with Crippen LogP contribution in [0, 0.1) is 0 Å².